The number of aromatic nitrogens is 2. The van der Waals surface area contributed by atoms with E-state index in [1.807, 2.05) is 18.2 Å². The van der Waals surface area contributed by atoms with Crippen LogP contribution in [0.15, 0.2) is 48.5 Å². The predicted octanol–water partition coefficient (Wildman–Crippen LogP) is 5.63. The van der Waals surface area contributed by atoms with E-state index in [1.54, 1.807) is 0 Å². The maximum atomic E-state index is 6.02. The summed E-state index contributed by atoms with van der Waals surface area (Å²) in [5.74, 6) is 2.84. The Morgan fingerprint density at radius 2 is 1.83 bits per heavy atom. The maximum absolute atomic E-state index is 6.02. The lowest BCUT2D eigenvalue weighted by Gasteiger charge is -2.20. The second-order valence-electron chi connectivity index (χ2n) is 6.36. The van der Waals surface area contributed by atoms with Gasteiger partial charge >= 0.3 is 0 Å². The molecule has 120 valence electrons. The van der Waals surface area contributed by atoms with E-state index in [2.05, 4.69) is 54.1 Å². The van der Waals surface area contributed by atoms with Crippen LogP contribution in [0, 0.1) is 4.64 Å². The first-order chi connectivity index (χ1) is 11.6. The van der Waals surface area contributed by atoms with Gasteiger partial charge in [-0.15, -0.1) is 0 Å². The number of aromatic amines is 1. The highest BCUT2D eigenvalue weighted by Crippen LogP contribution is 2.36. The summed E-state index contributed by atoms with van der Waals surface area (Å²) in [5, 5.41) is 0. The van der Waals surface area contributed by atoms with Crippen molar-refractivity contribution in [3.63, 3.8) is 0 Å². The van der Waals surface area contributed by atoms with Gasteiger partial charge in [-0.05, 0) is 23.1 Å². The molecule has 24 heavy (non-hydrogen) atoms. The largest absolute Gasteiger partial charge is 0.440 e. The lowest BCUT2D eigenvalue weighted by Crippen LogP contribution is -2.07. The number of nitrogens with one attached hydrogen (secondary N) is 1. The van der Waals surface area contributed by atoms with Gasteiger partial charge in [-0.3, -0.25) is 0 Å². The van der Waals surface area contributed by atoms with Crippen molar-refractivity contribution in [3.05, 3.63) is 69.9 Å². The second kappa shape index (κ2) is 5.87. The van der Waals surface area contributed by atoms with Crippen molar-refractivity contribution in [1.29, 1.82) is 0 Å². The van der Waals surface area contributed by atoms with Gasteiger partial charge in [0.05, 0.1) is 5.56 Å². The molecule has 1 aromatic heterocycles. The number of para-hydroxylation sites is 1. The van der Waals surface area contributed by atoms with Gasteiger partial charge in [0.25, 0.3) is 0 Å². The minimum absolute atomic E-state index is 0.508. The Morgan fingerprint density at radius 3 is 2.58 bits per heavy atom. The number of hydrogen-bond acceptors (Lipinski definition) is 3. The monoisotopic (exact) mass is 334 g/mol. The van der Waals surface area contributed by atoms with Crippen LogP contribution in [-0.2, 0) is 6.42 Å². The summed E-state index contributed by atoms with van der Waals surface area (Å²) in [6.45, 7) is 4.37. The SMILES string of the molecule is CC(C)c1ccc(-c2nc(=S)c3c([nH]2)Oc2ccccc2C3)cc1. The molecule has 0 bridgehead atoms. The number of ether oxygens (including phenoxy) is 1. The van der Waals surface area contributed by atoms with Gasteiger partial charge in [0, 0.05) is 12.0 Å². The van der Waals surface area contributed by atoms with Gasteiger partial charge in [-0.25, -0.2) is 4.98 Å². The zero-order chi connectivity index (χ0) is 16.7. The topological polar surface area (TPSA) is 37.9 Å². The standard InChI is InChI=1S/C20H18N2OS/c1-12(2)13-7-9-14(10-8-13)18-21-19-16(20(24)22-18)11-15-5-3-4-6-17(15)23-19/h3-10,12H,11H2,1-2H3,(H,21,22,24). The van der Waals surface area contributed by atoms with Crippen molar-refractivity contribution in [2.45, 2.75) is 26.2 Å². The van der Waals surface area contributed by atoms with Crippen molar-refractivity contribution < 1.29 is 4.74 Å². The fraction of sp³-hybridized carbons (Fsp3) is 0.200. The van der Waals surface area contributed by atoms with Crippen LogP contribution in [0.25, 0.3) is 11.4 Å². The highest BCUT2D eigenvalue weighted by molar-refractivity contribution is 7.71. The summed E-state index contributed by atoms with van der Waals surface area (Å²) < 4.78 is 6.62. The molecule has 0 saturated carbocycles. The summed E-state index contributed by atoms with van der Waals surface area (Å²) in [4.78, 5) is 7.90. The molecule has 0 aliphatic carbocycles. The van der Waals surface area contributed by atoms with E-state index in [4.69, 9.17) is 17.0 Å². The molecule has 2 heterocycles. The smallest absolute Gasteiger partial charge is 0.205 e. The first kappa shape index (κ1) is 15.1. The summed E-state index contributed by atoms with van der Waals surface area (Å²) in [6, 6.07) is 16.4. The Bertz CT molecular complexity index is 958. The third kappa shape index (κ3) is 2.63. The van der Waals surface area contributed by atoms with E-state index in [-0.39, 0.29) is 0 Å². The normalized spacial score (nSPS) is 12.5. The first-order valence-electron chi connectivity index (χ1n) is 8.11. The maximum Gasteiger partial charge on any atom is 0.205 e. The van der Waals surface area contributed by atoms with Crippen LogP contribution in [0.2, 0.25) is 0 Å². The molecular formula is C20H18N2OS. The molecule has 0 atom stereocenters. The van der Waals surface area contributed by atoms with Crippen LogP contribution >= 0.6 is 12.2 Å². The van der Waals surface area contributed by atoms with E-state index in [1.165, 1.54) is 5.56 Å². The van der Waals surface area contributed by atoms with Crippen LogP contribution < -0.4 is 4.74 Å². The molecule has 0 spiro atoms. The van der Waals surface area contributed by atoms with Gasteiger partial charge < -0.3 is 9.72 Å². The predicted molar refractivity (Wildman–Crippen MR) is 98.3 cm³/mol. The van der Waals surface area contributed by atoms with Gasteiger partial charge in [0.15, 0.2) is 0 Å². The second-order valence-corrected chi connectivity index (χ2v) is 6.75. The first-order valence-corrected chi connectivity index (χ1v) is 8.52. The summed E-state index contributed by atoms with van der Waals surface area (Å²) in [7, 11) is 0. The average molecular weight is 334 g/mol. The summed E-state index contributed by atoms with van der Waals surface area (Å²) in [5.41, 5.74) is 4.41. The van der Waals surface area contributed by atoms with Crippen LogP contribution in [0.3, 0.4) is 0 Å². The minimum atomic E-state index is 0.508. The molecule has 2 aromatic carbocycles. The highest BCUT2D eigenvalue weighted by atomic mass is 32.1. The van der Waals surface area contributed by atoms with E-state index < -0.39 is 0 Å². The number of H-pyrrole nitrogens is 1. The molecule has 0 unspecified atom stereocenters. The Kier molecular flexibility index (Phi) is 3.69. The molecule has 0 fully saturated rings. The molecular weight excluding hydrogens is 316 g/mol. The van der Waals surface area contributed by atoms with Crippen LogP contribution in [-0.4, -0.2) is 9.97 Å². The molecule has 1 aliphatic heterocycles. The zero-order valence-electron chi connectivity index (χ0n) is 13.7. The van der Waals surface area contributed by atoms with Crippen molar-refractivity contribution in [2.24, 2.45) is 0 Å². The van der Waals surface area contributed by atoms with Crippen molar-refractivity contribution in [3.8, 4) is 23.0 Å². The third-order valence-electron chi connectivity index (χ3n) is 4.38. The lowest BCUT2D eigenvalue weighted by molar-refractivity contribution is 0.439. The van der Waals surface area contributed by atoms with Gasteiger partial charge in [-0.1, -0.05) is 68.5 Å². The Labute approximate surface area is 146 Å². The summed E-state index contributed by atoms with van der Waals surface area (Å²) >= 11 is 5.51. The minimum Gasteiger partial charge on any atom is -0.440 e. The number of benzene rings is 2. The molecule has 0 saturated heterocycles. The number of hydrogen-bond donors (Lipinski definition) is 1. The number of nitrogens with zero attached hydrogens (tertiary/aromatic N) is 1. The fourth-order valence-electron chi connectivity index (χ4n) is 2.93. The third-order valence-corrected chi connectivity index (χ3v) is 4.72. The van der Waals surface area contributed by atoms with Gasteiger partial charge in [-0.2, -0.15) is 0 Å². The molecule has 4 heteroatoms. The molecule has 3 aromatic rings. The van der Waals surface area contributed by atoms with E-state index in [0.717, 1.165) is 34.7 Å². The molecule has 3 nitrogen and oxygen atoms in total. The molecule has 1 aliphatic rings. The van der Waals surface area contributed by atoms with Gasteiger partial charge in [0.1, 0.15) is 16.2 Å². The van der Waals surface area contributed by atoms with Crippen molar-refractivity contribution >= 4 is 12.2 Å². The number of fused-ring (bicyclic) bond motifs is 2. The number of rotatable bonds is 2. The lowest BCUT2D eigenvalue weighted by atomic mass is 10.0. The Hall–Kier alpha value is -2.46. The van der Waals surface area contributed by atoms with Crippen LogP contribution in [0.5, 0.6) is 11.6 Å². The molecule has 1 N–H and O–H groups in total. The van der Waals surface area contributed by atoms with Crippen molar-refractivity contribution in [2.75, 3.05) is 0 Å². The Morgan fingerprint density at radius 1 is 1.08 bits per heavy atom. The zero-order valence-corrected chi connectivity index (χ0v) is 14.5. The van der Waals surface area contributed by atoms with E-state index in [9.17, 15) is 0 Å². The van der Waals surface area contributed by atoms with Crippen molar-refractivity contribution in [1.82, 2.24) is 9.97 Å². The van der Waals surface area contributed by atoms with E-state index in [0.29, 0.717) is 16.4 Å². The van der Waals surface area contributed by atoms with Gasteiger partial charge in [0.2, 0.25) is 5.88 Å². The summed E-state index contributed by atoms with van der Waals surface area (Å²) in [6.07, 6.45) is 0.750. The molecule has 4 rings (SSSR count). The average Bonchev–Trinajstić information content (AvgIpc) is 2.60. The van der Waals surface area contributed by atoms with Crippen LogP contribution in [0.1, 0.15) is 36.5 Å². The van der Waals surface area contributed by atoms with Crippen LogP contribution in [0.4, 0.5) is 0 Å². The highest BCUT2D eigenvalue weighted by Gasteiger charge is 2.20. The fourth-order valence-corrected chi connectivity index (χ4v) is 3.19. The quantitative estimate of drug-likeness (QED) is 0.483. The molecule has 0 amide bonds. The Balaban J connectivity index is 1.75. The molecule has 0 radical (unpaired) electrons. The van der Waals surface area contributed by atoms with E-state index >= 15 is 0 Å².